The second-order valence-corrected chi connectivity index (χ2v) is 8.40. The highest BCUT2D eigenvalue weighted by Crippen LogP contribution is 2.43. The molecule has 0 aliphatic carbocycles. The number of hydrogen-bond acceptors (Lipinski definition) is 3. The third-order valence-corrected chi connectivity index (χ3v) is 6.35. The lowest BCUT2D eigenvalue weighted by molar-refractivity contribution is 0.213. The third kappa shape index (κ3) is 3.77. The SMILES string of the molecule is COc1ccc(Br)cc1C1SCCN1C(=O)Nc1ccc2ccccc2c1. The summed E-state index contributed by atoms with van der Waals surface area (Å²) >= 11 is 5.27. The first-order chi connectivity index (χ1) is 13.2. The van der Waals surface area contributed by atoms with Gasteiger partial charge in [0.15, 0.2) is 0 Å². The molecule has 0 bridgehead atoms. The van der Waals surface area contributed by atoms with Gasteiger partial charge in [0.05, 0.1) is 7.11 Å². The van der Waals surface area contributed by atoms with Gasteiger partial charge in [-0.05, 0) is 41.1 Å². The molecule has 3 aromatic rings. The minimum Gasteiger partial charge on any atom is -0.496 e. The molecule has 0 saturated carbocycles. The Kier molecular flexibility index (Phi) is 5.27. The van der Waals surface area contributed by atoms with Crippen molar-refractivity contribution in [3.8, 4) is 5.75 Å². The summed E-state index contributed by atoms with van der Waals surface area (Å²) in [7, 11) is 1.66. The number of carbonyl (C=O) groups excluding carboxylic acids is 1. The first-order valence-corrected chi connectivity index (χ1v) is 10.5. The van der Waals surface area contributed by atoms with Gasteiger partial charge in [0, 0.05) is 28.0 Å². The van der Waals surface area contributed by atoms with Crippen LogP contribution < -0.4 is 10.1 Å². The van der Waals surface area contributed by atoms with Crippen LogP contribution in [0.4, 0.5) is 10.5 Å². The molecule has 1 saturated heterocycles. The molecule has 1 fully saturated rings. The number of carbonyl (C=O) groups is 1. The van der Waals surface area contributed by atoms with Crippen LogP contribution in [0.2, 0.25) is 0 Å². The fraction of sp³-hybridized carbons (Fsp3) is 0.190. The molecule has 1 atom stereocenters. The van der Waals surface area contributed by atoms with Crippen molar-refractivity contribution in [2.45, 2.75) is 5.37 Å². The van der Waals surface area contributed by atoms with Crippen molar-refractivity contribution in [1.29, 1.82) is 0 Å². The van der Waals surface area contributed by atoms with Gasteiger partial charge in [0.2, 0.25) is 0 Å². The Balaban J connectivity index is 1.58. The van der Waals surface area contributed by atoms with Crippen LogP contribution in [0.5, 0.6) is 5.75 Å². The molecule has 0 spiro atoms. The zero-order chi connectivity index (χ0) is 18.8. The second-order valence-electron chi connectivity index (χ2n) is 6.29. The lowest BCUT2D eigenvalue weighted by Gasteiger charge is -2.26. The normalized spacial score (nSPS) is 16.5. The van der Waals surface area contributed by atoms with Gasteiger partial charge >= 0.3 is 6.03 Å². The van der Waals surface area contributed by atoms with Crippen molar-refractivity contribution in [2.75, 3.05) is 24.7 Å². The molecule has 0 radical (unpaired) electrons. The molecular weight excluding hydrogens is 424 g/mol. The summed E-state index contributed by atoms with van der Waals surface area (Å²) in [5, 5.41) is 5.24. The van der Waals surface area contributed by atoms with Crippen LogP contribution in [-0.4, -0.2) is 30.3 Å². The van der Waals surface area contributed by atoms with E-state index in [9.17, 15) is 4.79 Å². The van der Waals surface area contributed by atoms with Crippen molar-refractivity contribution < 1.29 is 9.53 Å². The first kappa shape index (κ1) is 18.2. The largest absolute Gasteiger partial charge is 0.496 e. The topological polar surface area (TPSA) is 41.6 Å². The molecule has 4 rings (SSSR count). The molecule has 1 heterocycles. The molecule has 2 amide bonds. The van der Waals surface area contributed by atoms with Crippen LogP contribution in [0, 0.1) is 0 Å². The van der Waals surface area contributed by atoms with E-state index in [1.54, 1.807) is 18.9 Å². The summed E-state index contributed by atoms with van der Waals surface area (Å²) in [4.78, 5) is 14.8. The number of halogens is 1. The van der Waals surface area contributed by atoms with E-state index in [4.69, 9.17) is 4.74 Å². The zero-order valence-corrected chi connectivity index (χ0v) is 17.2. The Morgan fingerprint density at radius 3 is 2.78 bits per heavy atom. The maximum atomic E-state index is 13.0. The average molecular weight is 443 g/mol. The van der Waals surface area contributed by atoms with Gasteiger partial charge in [0.25, 0.3) is 0 Å². The molecule has 6 heteroatoms. The fourth-order valence-corrected chi connectivity index (χ4v) is 4.95. The van der Waals surface area contributed by atoms with Crippen LogP contribution >= 0.6 is 27.7 Å². The number of methoxy groups -OCH3 is 1. The zero-order valence-electron chi connectivity index (χ0n) is 14.8. The number of nitrogens with one attached hydrogen (secondary N) is 1. The maximum Gasteiger partial charge on any atom is 0.323 e. The molecule has 4 nitrogen and oxygen atoms in total. The van der Waals surface area contributed by atoms with Crippen LogP contribution in [0.3, 0.4) is 0 Å². The Morgan fingerprint density at radius 1 is 1.15 bits per heavy atom. The number of nitrogens with zero attached hydrogens (tertiary/aromatic N) is 1. The number of thioether (sulfide) groups is 1. The van der Waals surface area contributed by atoms with Gasteiger partial charge in [-0.2, -0.15) is 0 Å². The summed E-state index contributed by atoms with van der Waals surface area (Å²) in [5.41, 5.74) is 1.80. The second kappa shape index (κ2) is 7.82. The summed E-state index contributed by atoms with van der Waals surface area (Å²) in [6.07, 6.45) is 0. The van der Waals surface area contributed by atoms with Crippen molar-refractivity contribution >= 4 is 50.2 Å². The van der Waals surface area contributed by atoms with E-state index < -0.39 is 0 Å². The van der Waals surface area contributed by atoms with Crippen LogP contribution in [0.25, 0.3) is 10.8 Å². The van der Waals surface area contributed by atoms with E-state index in [2.05, 4.69) is 27.3 Å². The monoisotopic (exact) mass is 442 g/mol. The predicted octanol–water partition coefficient (Wildman–Crippen LogP) is 5.89. The first-order valence-electron chi connectivity index (χ1n) is 8.67. The molecule has 3 aromatic carbocycles. The van der Waals surface area contributed by atoms with E-state index in [0.717, 1.165) is 38.0 Å². The van der Waals surface area contributed by atoms with Crippen LogP contribution in [0.15, 0.2) is 65.1 Å². The quantitative estimate of drug-likeness (QED) is 0.549. The Morgan fingerprint density at radius 2 is 1.96 bits per heavy atom. The third-order valence-electron chi connectivity index (χ3n) is 4.61. The van der Waals surface area contributed by atoms with Gasteiger partial charge in [0.1, 0.15) is 11.1 Å². The molecule has 1 unspecified atom stereocenters. The number of fused-ring (bicyclic) bond motifs is 1. The van der Waals surface area contributed by atoms with Gasteiger partial charge in [-0.3, -0.25) is 0 Å². The molecule has 138 valence electrons. The summed E-state index contributed by atoms with van der Waals surface area (Å²) in [5.74, 6) is 1.69. The van der Waals surface area contributed by atoms with Crippen molar-refractivity contribution in [1.82, 2.24) is 4.90 Å². The molecule has 0 aromatic heterocycles. The average Bonchev–Trinajstić information content (AvgIpc) is 3.17. The van der Waals surface area contributed by atoms with Crippen LogP contribution in [0.1, 0.15) is 10.9 Å². The number of ether oxygens (including phenoxy) is 1. The highest BCUT2D eigenvalue weighted by Gasteiger charge is 2.32. The summed E-state index contributed by atoms with van der Waals surface area (Å²) in [6.45, 7) is 0.699. The summed E-state index contributed by atoms with van der Waals surface area (Å²) < 4.78 is 6.49. The lowest BCUT2D eigenvalue weighted by atomic mass is 10.1. The fourth-order valence-electron chi connectivity index (χ4n) is 3.30. The number of benzene rings is 3. The molecular formula is C21H19BrN2O2S. The summed E-state index contributed by atoms with van der Waals surface area (Å²) in [6, 6.07) is 19.9. The number of rotatable bonds is 3. The van der Waals surface area contributed by atoms with Gasteiger partial charge in [-0.25, -0.2) is 4.79 Å². The smallest absolute Gasteiger partial charge is 0.323 e. The lowest BCUT2D eigenvalue weighted by Crippen LogP contribution is -2.34. The molecule has 1 aliphatic heterocycles. The van der Waals surface area contributed by atoms with E-state index in [1.165, 1.54) is 0 Å². The highest BCUT2D eigenvalue weighted by molar-refractivity contribution is 9.10. The molecule has 27 heavy (non-hydrogen) atoms. The van der Waals surface area contributed by atoms with E-state index in [-0.39, 0.29) is 11.4 Å². The number of urea groups is 1. The minimum atomic E-state index is -0.0951. The Labute approximate surface area is 171 Å². The maximum absolute atomic E-state index is 13.0. The van der Waals surface area contributed by atoms with Crippen LogP contribution in [-0.2, 0) is 0 Å². The highest BCUT2D eigenvalue weighted by atomic mass is 79.9. The van der Waals surface area contributed by atoms with E-state index in [0.29, 0.717) is 6.54 Å². The van der Waals surface area contributed by atoms with E-state index >= 15 is 0 Å². The number of hydrogen-bond donors (Lipinski definition) is 1. The van der Waals surface area contributed by atoms with E-state index in [1.807, 2.05) is 59.5 Å². The Hall–Kier alpha value is -2.18. The number of anilines is 1. The molecule has 1 N–H and O–H groups in total. The van der Waals surface area contributed by atoms with Crippen molar-refractivity contribution in [3.05, 3.63) is 70.7 Å². The van der Waals surface area contributed by atoms with Crippen molar-refractivity contribution in [2.24, 2.45) is 0 Å². The van der Waals surface area contributed by atoms with Gasteiger partial charge in [-0.15, -0.1) is 11.8 Å². The predicted molar refractivity (Wildman–Crippen MR) is 116 cm³/mol. The van der Waals surface area contributed by atoms with Gasteiger partial charge in [-0.1, -0.05) is 46.3 Å². The van der Waals surface area contributed by atoms with Gasteiger partial charge < -0.3 is 15.0 Å². The Bertz CT molecular complexity index is 995. The standard InChI is InChI=1S/C21H19BrN2O2S/c1-26-19-9-7-16(22)13-18(19)20-24(10-11-27-20)21(25)23-17-8-6-14-4-2-3-5-15(14)12-17/h2-9,12-13,20H,10-11H2,1H3,(H,23,25). The van der Waals surface area contributed by atoms with Crippen molar-refractivity contribution in [3.63, 3.8) is 0 Å². The number of amides is 2. The molecule has 1 aliphatic rings. The minimum absolute atomic E-state index is 0.0714.